The smallest absolute Gasteiger partial charge is 0.326 e. The molecule has 0 saturated carbocycles. The molecule has 7 rings (SSSR count). The van der Waals surface area contributed by atoms with Crippen molar-refractivity contribution >= 4 is 41.0 Å². The topological polar surface area (TPSA) is 92.8 Å². The predicted molar refractivity (Wildman–Crippen MR) is 136 cm³/mol. The Morgan fingerprint density at radius 2 is 1.35 bits per heavy atom. The third-order valence-corrected chi connectivity index (χ3v) is 8.14. The molecular formula is C29H23ClN2O5. The summed E-state index contributed by atoms with van der Waals surface area (Å²) >= 11 is 6.08. The SMILES string of the molecule is Cc1c(Cl)cccc1NC(=O)COC(=O)CN1C(=O)[C@H]2C3c4ccccc4C(c4ccccc43)[C@@H]2C1=O. The third kappa shape index (κ3) is 3.64. The van der Waals surface area contributed by atoms with Gasteiger partial charge in [-0.1, -0.05) is 66.2 Å². The Kier molecular flexibility index (Phi) is 5.60. The Morgan fingerprint density at radius 1 is 0.838 bits per heavy atom. The largest absolute Gasteiger partial charge is 0.454 e. The van der Waals surface area contributed by atoms with Gasteiger partial charge < -0.3 is 10.1 Å². The standard InChI is InChI=1S/C29H23ClN2O5/c1-15-20(30)11-6-12-21(15)31-22(33)14-37-23(34)13-32-28(35)26-24-16-7-2-3-8-17(16)25(27(26)29(32)36)19-10-5-4-9-18(19)24/h2-12,24-27H,13-14H2,1H3,(H,31,33)/t24?,25?,26-,27-/m0/s1. The van der Waals surface area contributed by atoms with Crippen molar-refractivity contribution in [1.82, 2.24) is 4.90 Å². The third-order valence-electron chi connectivity index (χ3n) is 7.73. The van der Waals surface area contributed by atoms with E-state index in [1.165, 1.54) is 0 Å². The number of rotatable bonds is 5. The van der Waals surface area contributed by atoms with Gasteiger partial charge >= 0.3 is 5.97 Å². The molecule has 3 aromatic carbocycles. The van der Waals surface area contributed by atoms with Crippen molar-refractivity contribution in [2.24, 2.45) is 11.8 Å². The number of carbonyl (C=O) groups is 4. The Hall–Kier alpha value is -3.97. The summed E-state index contributed by atoms with van der Waals surface area (Å²) in [5.74, 6) is -3.72. The zero-order valence-corrected chi connectivity index (χ0v) is 20.7. The molecule has 0 aromatic heterocycles. The number of halogens is 1. The highest BCUT2D eigenvalue weighted by atomic mass is 35.5. The number of nitrogens with zero attached hydrogens (tertiary/aromatic N) is 1. The van der Waals surface area contributed by atoms with Gasteiger partial charge in [0.15, 0.2) is 6.61 Å². The number of likely N-dealkylation sites (tertiary alicyclic amines) is 1. The number of anilines is 1. The Labute approximate surface area is 218 Å². The molecule has 1 heterocycles. The zero-order valence-electron chi connectivity index (χ0n) is 19.9. The molecule has 3 amide bonds. The summed E-state index contributed by atoms with van der Waals surface area (Å²) in [7, 11) is 0. The van der Waals surface area contributed by atoms with E-state index in [9.17, 15) is 19.2 Å². The van der Waals surface area contributed by atoms with E-state index >= 15 is 0 Å². The molecule has 1 saturated heterocycles. The van der Waals surface area contributed by atoms with Crippen LogP contribution in [0.1, 0.15) is 39.7 Å². The maximum atomic E-state index is 13.5. The molecule has 4 aliphatic rings. The van der Waals surface area contributed by atoms with Gasteiger partial charge in [-0.05, 0) is 46.9 Å². The van der Waals surface area contributed by atoms with Crippen LogP contribution >= 0.6 is 11.6 Å². The lowest BCUT2D eigenvalue weighted by molar-refractivity contribution is -0.154. The van der Waals surface area contributed by atoms with E-state index < -0.39 is 36.9 Å². The average Bonchev–Trinajstić information content (AvgIpc) is 3.15. The molecule has 1 N–H and O–H groups in total. The van der Waals surface area contributed by atoms with Crippen LogP contribution < -0.4 is 5.32 Å². The molecule has 186 valence electrons. The number of carbonyl (C=O) groups excluding carboxylic acids is 4. The molecule has 7 nitrogen and oxygen atoms in total. The molecule has 0 radical (unpaired) electrons. The molecule has 8 heteroatoms. The van der Waals surface area contributed by atoms with Gasteiger partial charge in [0.25, 0.3) is 5.91 Å². The first-order valence-corrected chi connectivity index (χ1v) is 12.5. The quantitative estimate of drug-likeness (QED) is 0.410. The van der Waals surface area contributed by atoms with E-state index in [2.05, 4.69) is 5.32 Å². The van der Waals surface area contributed by atoms with Gasteiger partial charge in [0.05, 0.1) is 11.8 Å². The normalized spacial score (nSPS) is 22.8. The summed E-state index contributed by atoms with van der Waals surface area (Å²) in [6, 6.07) is 21.0. The van der Waals surface area contributed by atoms with Crippen LogP contribution in [0.3, 0.4) is 0 Å². The van der Waals surface area contributed by atoms with E-state index in [0.717, 1.165) is 27.2 Å². The highest BCUT2D eigenvalue weighted by Gasteiger charge is 2.61. The molecule has 3 aromatic rings. The van der Waals surface area contributed by atoms with Crippen molar-refractivity contribution in [2.75, 3.05) is 18.5 Å². The summed E-state index contributed by atoms with van der Waals surface area (Å²) in [6.45, 7) is 0.688. The van der Waals surface area contributed by atoms with Crippen LogP contribution in [0.2, 0.25) is 5.02 Å². The van der Waals surface area contributed by atoms with Gasteiger partial charge in [-0.25, -0.2) is 0 Å². The van der Waals surface area contributed by atoms with Gasteiger partial charge in [-0.3, -0.25) is 24.1 Å². The van der Waals surface area contributed by atoms with Gasteiger partial charge in [0.2, 0.25) is 11.8 Å². The zero-order chi connectivity index (χ0) is 25.8. The molecule has 2 atom stereocenters. The van der Waals surface area contributed by atoms with Crippen molar-refractivity contribution in [1.29, 1.82) is 0 Å². The molecule has 37 heavy (non-hydrogen) atoms. The minimum atomic E-state index is -0.819. The molecule has 1 aliphatic heterocycles. The van der Waals surface area contributed by atoms with Crippen molar-refractivity contribution < 1.29 is 23.9 Å². The second kappa shape index (κ2) is 8.85. The first kappa shape index (κ1) is 23.4. The summed E-state index contributed by atoms with van der Waals surface area (Å²) in [5.41, 5.74) is 5.45. The Bertz CT molecular complexity index is 1370. The molecule has 2 bridgehead atoms. The van der Waals surface area contributed by atoms with E-state index in [0.29, 0.717) is 16.3 Å². The summed E-state index contributed by atoms with van der Waals surface area (Å²) < 4.78 is 5.12. The van der Waals surface area contributed by atoms with Crippen LogP contribution in [0.25, 0.3) is 0 Å². The predicted octanol–water partition coefficient (Wildman–Crippen LogP) is 4.02. The summed E-state index contributed by atoms with van der Waals surface area (Å²) in [4.78, 5) is 53.0. The van der Waals surface area contributed by atoms with E-state index in [4.69, 9.17) is 16.3 Å². The summed E-state index contributed by atoms with van der Waals surface area (Å²) in [5, 5.41) is 3.15. The van der Waals surface area contributed by atoms with E-state index in [1.807, 2.05) is 48.5 Å². The number of benzene rings is 3. The number of esters is 1. The van der Waals surface area contributed by atoms with Crippen LogP contribution in [-0.4, -0.2) is 41.7 Å². The maximum Gasteiger partial charge on any atom is 0.326 e. The number of hydrogen-bond acceptors (Lipinski definition) is 5. The van der Waals surface area contributed by atoms with E-state index in [-0.39, 0.29) is 23.7 Å². The fourth-order valence-corrected chi connectivity index (χ4v) is 6.32. The van der Waals surface area contributed by atoms with Crippen LogP contribution in [-0.2, 0) is 23.9 Å². The number of nitrogens with one attached hydrogen (secondary N) is 1. The number of imide groups is 1. The van der Waals surface area contributed by atoms with E-state index in [1.54, 1.807) is 25.1 Å². The van der Waals surface area contributed by atoms with Crippen molar-refractivity contribution in [3.63, 3.8) is 0 Å². The van der Waals surface area contributed by atoms with Gasteiger partial charge in [-0.15, -0.1) is 0 Å². The minimum absolute atomic E-state index is 0.244. The molecule has 0 spiro atoms. The first-order chi connectivity index (χ1) is 17.9. The Morgan fingerprint density at radius 3 is 1.86 bits per heavy atom. The fourth-order valence-electron chi connectivity index (χ4n) is 6.14. The van der Waals surface area contributed by atoms with Crippen molar-refractivity contribution in [3.05, 3.63) is 99.6 Å². The molecule has 3 aliphatic carbocycles. The van der Waals surface area contributed by atoms with Crippen molar-refractivity contribution in [3.8, 4) is 0 Å². The molecule has 1 fully saturated rings. The molecule has 0 unspecified atom stereocenters. The number of amides is 3. The average molecular weight is 515 g/mol. The second-order valence-electron chi connectivity index (χ2n) is 9.65. The van der Waals surface area contributed by atoms with Gasteiger partial charge in [-0.2, -0.15) is 0 Å². The lowest BCUT2D eigenvalue weighted by Gasteiger charge is -2.45. The highest BCUT2D eigenvalue weighted by molar-refractivity contribution is 6.31. The monoisotopic (exact) mass is 514 g/mol. The van der Waals surface area contributed by atoms with Crippen molar-refractivity contribution in [2.45, 2.75) is 18.8 Å². The minimum Gasteiger partial charge on any atom is -0.454 e. The summed E-state index contributed by atoms with van der Waals surface area (Å²) in [6.07, 6.45) is 0. The number of ether oxygens (including phenoxy) is 1. The lowest BCUT2D eigenvalue weighted by Crippen LogP contribution is -2.41. The highest BCUT2D eigenvalue weighted by Crippen LogP contribution is 2.60. The first-order valence-electron chi connectivity index (χ1n) is 12.1. The lowest BCUT2D eigenvalue weighted by atomic mass is 9.55. The van der Waals surface area contributed by atoms with Crippen LogP contribution in [0.5, 0.6) is 0 Å². The van der Waals surface area contributed by atoms with Crippen LogP contribution in [0.4, 0.5) is 5.69 Å². The second-order valence-corrected chi connectivity index (χ2v) is 10.1. The molecular weight excluding hydrogens is 492 g/mol. The van der Waals surface area contributed by atoms with Gasteiger partial charge in [0.1, 0.15) is 6.54 Å². The Balaban J connectivity index is 1.18. The van der Waals surface area contributed by atoms with Gasteiger partial charge in [0, 0.05) is 22.5 Å². The number of hydrogen-bond donors (Lipinski definition) is 1. The maximum absolute atomic E-state index is 13.5. The van der Waals surface area contributed by atoms with Crippen LogP contribution in [0.15, 0.2) is 66.7 Å². The fraction of sp³-hybridized carbons (Fsp3) is 0.241. The van der Waals surface area contributed by atoms with Crippen LogP contribution in [0, 0.1) is 18.8 Å².